The maximum Gasteiger partial charge on any atom is 0.311 e. The van der Waals surface area contributed by atoms with E-state index in [1.165, 1.54) is 0 Å². The molecule has 1 unspecified atom stereocenters. The van der Waals surface area contributed by atoms with E-state index in [9.17, 15) is 14.7 Å². The molecular formula is C14H17BrN2O3. The fourth-order valence-electron chi connectivity index (χ4n) is 2.51. The summed E-state index contributed by atoms with van der Waals surface area (Å²) in [6, 6.07) is 5.03. The predicted octanol–water partition coefficient (Wildman–Crippen LogP) is 2.36. The second-order valence-electron chi connectivity index (χ2n) is 5.47. The van der Waals surface area contributed by atoms with Crippen LogP contribution in [0.5, 0.6) is 0 Å². The summed E-state index contributed by atoms with van der Waals surface area (Å²) in [5.74, 6) is -1.03. The highest BCUT2D eigenvalue weighted by molar-refractivity contribution is 9.10. The van der Waals surface area contributed by atoms with E-state index < -0.39 is 11.4 Å². The number of anilines is 1. The lowest BCUT2D eigenvalue weighted by Gasteiger charge is -2.37. The van der Waals surface area contributed by atoms with E-state index in [1.54, 1.807) is 30.0 Å². The molecule has 1 fully saturated rings. The van der Waals surface area contributed by atoms with Gasteiger partial charge in [-0.3, -0.25) is 9.59 Å². The van der Waals surface area contributed by atoms with Gasteiger partial charge in [0.25, 0.3) is 5.91 Å². The Morgan fingerprint density at radius 3 is 2.70 bits per heavy atom. The third kappa shape index (κ3) is 2.95. The van der Waals surface area contributed by atoms with Crippen LogP contribution < -0.4 is 5.73 Å². The number of piperidine rings is 1. The predicted molar refractivity (Wildman–Crippen MR) is 79.4 cm³/mol. The second-order valence-corrected chi connectivity index (χ2v) is 6.38. The van der Waals surface area contributed by atoms with E-state index in [4.69, 9.17) is 5.73 Å². The summed E-state index contributed by atoms with van der Waals surface area (Å²) < 4.78 is 0.735. The fourth-order valence-corrected chi connectivity index (χ4v) is 3.02. The average Bonchev–Trinajstić information content (AvgIpc) is 2.36. The number of benzene rings is 1. The Morgan fingerprint density at radius 2 is 2.10 bits per heavy atom. The number of carbonyl (C=O) groups is 2. The molecule has 0 aromatic heterocycles. The topological polar surface area (TPSA) is 83.6 Å². The quantitative estimate of drug-likeness (QED) is 0.809. The summed E-state index contributed by atoms with van der Waals surface area (Å²) in [5.41, 5.74) is 5.84. The number of likely N-dealkylation sites (tertiary alicyclic amines) is 1. The van der Waals surface area contributed by atoms with E-state index in [0.717, 1.165) is 4.47 Å². The monoisotopic (exact) mass is 340 g/mol. The molecule has 20 heavy (non-hydrogen) atoms. The molecule has 3 N–H and O–H groups in total. The van der Waals surface area contributed by atoms with E-state index in [1.807, 2.05) is 0 Å². The van der Waals surface area contributed by atoms with E-state index >= 15 is 0 Å². The first kappa shape index (κ1) is 14.8. The summed E-state index contributed by atoms with van der Waals surface area (Å²) >= 11 is 3.31. The molecule has 1 heterocycles. The van der Waals surface area contributed by atoms with Crippen LogP contribution in [0, 0.1) is 5.41 Å². The van der Waals surface area contributed by atoms with Gasteiger partial charge in [0.15, 0.2) is 0 Å². The van der Waals surface area contributed by atoms with Gasteiger partial charge in [0.05, 0.1) is 5.41 Å². The molecule has 0 saturated carbocycles. The van der Waals surface area contributed by atoms with E-state index in [-0.39, 0.29) is 12.5 Å². The van der Waals surface area contributed by atoms with Crippen LogP contribution in [0.3, 0.4) is 0 Å². The highest BCUT2D eigenvalue weighted by atomic mass is 79.9. The lowest BCUT2D eigenvalue weighted by atomic mass is 9.82. The number of hydrogen-bond acceptors (Lipinski definition) is 3. The molecule has 0 aliphatic carbocycles. The molecule has 0 spiro atoms. The van der Waals surface area contributed by atoms with Gasteiger partial charge in [-0.25, -0.2) is 0 Å². The van der Waals surface area contributed by atoms with E-state index in [2.05, 4.69) is 15.9 Å². The molecular weight excluding hydrogens is 324 g/mol. The third-order valence-corrected chi connectivity index (χ3v) is 4.12. The minimum absolute atomic E-state index is 0.176. The molecule has 0 bridgehead atoms. The second kappa shape index (κ2) is 5.44. The Balaban J connectivity index is 2.22. The van der Waals surface area contributed by atoms with Crippen molar-refractivity contribution in [3.05, 3.63) is 28.2 Å². The number of hydrogen-bond donors (Lipinski definition) is 2. The molecule has 6 heteroatoms. The first-order chi connectivity index (χ1) is 9.32. The number of aliphatic carboxylic acids is 1. The Labute approximate surface area is 125 Å². The van der Waals surface area contributed by atoms with Crippen molar-refractivity contribution in [3.63, 3.8) is 0 Å². The highest BCUT2D eigenvalue weighted by Gasteiger charge is 2.39. The summed E-state index contributed by atoms with van der Waals surface area (Å²) in [5, 5.41) is 9.29. The van der Waals surface area contributed by atoms with Crippen molar-refractivity contribution in [2.45, 2.75) is 19.8 Å². The molecule has 0 radical (unpaired) electrons. The van der Waals surface area contributed by atoms with Gasteiger partial charge in [0.2, 0.25) is 0 Å². The molecule has 1 aromatic carbocycles. The SMILES string of the molecule is CC1(C(=O)O)CCCN(C(=O)c2cc(N)cc(Br)c2)C1. The smallest absolute Gasteiger partial charge is 0.311 e. The lowest BCUT2D eigenvalue weighted by Crippen LogP contribution is -2.48. The Kier molecular flexibility index (Phi) is 4.04. The number of carboxylic acid groups (broad SMARTS) is 1. The van der Waals surface area contributed by atoms with Crippen LogP contribution in [-0.2, 0) is 4.79 Å². The van der Waals surface area contributed by atoms with Gasteiger partial charge < -0.3 is 15.7 Å². The van der Waals surface area contributed by atoms with Crippen LogP contribution in [-0.4, -0.2) is 35.0 Å². The molecule has 1 aliphatic heterocycles. The van der Waals surface area contributed by atoms with Gasteiger partial charge in [-0.2, -0.15) is 0 Å². The number of carboxylic acids is 1. The van der Waals surface area contributed by atoms with Crippen LogP contribution in [0.25, 0.3) is 0 Å². The molecule has 5 nitrogen and oxygen atoms in total. The van der Waals surface area contributed by atoms with Gasteiger partial charge in [-0.05, 0) is 38.0 Å². The summed E-state index contributed by atoms with van der Waals surface area (Å²) in [6.07, 6.45) is 1.28. The maximum atomic E-state index is 12.5. The molecule has 1 atom stereocenters. The van der Waals surface area contributed by atoms with Crippen LogP contribution in [0.1, 0.15) is 30.1 Å². The number of nitrogens with two attached hydrogens (primary N) is 1. The van der Waals surface area contributed by atoms with Gasteiger partial charge in [0, 0.05) is 28.8 Å². The number of halogens is 1. The zero-order valence-electron chi connectivity index (χ0n) is 11.2. The first-order valence-electron chi connectivity index (χ1n) is 6.40. The van der Waals surface area contributed by atoms with Gasteiger partial charge >= 0.3 is 5.97 Å². The number of amides is 1. The molecule has 2 rings (SSSR count). The normalized spacial score (nSPS) is 22.6. The van der Waals surface area contributed by atoms with E-state index in [0.29, 0.717) is 30.6 Å². The van der Waals surface area contributed by atoms with Crippen molar-refractivity contribution in [3.8, 4) is 0 Å². The minimum atomic E-state index is -0.870. The van der Waals surface area contributed by atoms with Crippen LogP contribution >= 0.6 is 15.9 Å². The largest absolute Gasteiger partial charge is 0.481 e. The Morgan fingerprint density at radius 1 is 1.40 bits per heavy atom. The Hall–Kier alpha value is -1.56. The summed E-state index contributed by atoms with van der Waals surface area (Å²) in [7, 11) is 0. The van der Waals surface area contributed by atoms with Crippen molar-refractivity contribution in [2.24, 2.45) is 5.41 Å². The summed E-state index contributed by atoms with van der Waals surface area (Å²) in [6.45, 7) is 2.49. The molecule has 1 amide bonds. The van der Waals surface area contributed by atoms with Crippen molar-refractivity contribution < 1.29 is 14.7 Å². The number of rotatable bonds is 2. The van der Waals surface area contributed by atoms with Crippen molar-refractivity contribution in [1.29, 1.82) is 0 Å². The molecule has 1 aromatic rings. The van der Waals surface area contributed by atoms with Crippen LogP contribution in [0.2, 0.25) is 0 Å². The number of nitrogen functional groups attached to an aromatic ring is 1. The first-order valence-corrected chi connectivity index (χ1v) is 7.20. The standard InChI is InChI=1S/C14H17BrN2O3/c1-14(13(19)20)3-2-4-17(8-14)12(18)9-5-10(15)7-11(16)6-9/h5-7H,2-4,8,16H2,1H3,(H,19,20). The molecule has 108 valence electrons. The maximum absolute atomic E-state index is 12.5. The Bertz CT molecular complexity index is 541. The fraction of sp³-hybridized carbons (Fsp3) is 0.429. The average molecular weight is 341 g/mol. The number of carbonyl (C=O) groups excluding carboxylic acids is 1. The van der Waals surface area contributed by atoms with Crippen LogP contribution in [0.15, 0.2) is 22.7 Å². The lowest BCUT2D eigenvalue weighted by molar-refractivity contribution is -0.150. The third-order valence-electron chi connectivity index (χ3n) is 3.67. The van der Waals surface area contributed by atoms with Crippen molar-refractivity contribution >= 4 is 33.5 Å². The minimum Gasteiger partial charge on any atom is -0.481 e. The van der Waals surface area contributed by atoms with Crippen molar-refractivity contribution in [1.82, 2.24) is 4.90 Å². The zero-order chi connectivity index (χ0) is 14.9. The van der Waals surface area contributed by atoms with Gasteiger partial charge in [-0.15, -0.1) is 0 Å². The van der Waals surface area contributed by atoms with Gasteiger partial charge in [0.1, 0.15) is 0 Å². The zero-order valence-corrected chi connectivity index (χ0v) is 12.8. The van der Waals surface area contributed by atoms with Crippen molar-refractivity contribution in [2.75, 3.05) is 18.8 Å². The van der Waals surface area contributed by atoms with Gasteiger partial charge in [-0.1, -0.05) is 15.9 Å². The summed E-state index contributed by atoms with van der Waals surface area (Å²) in [4.78, 5) is 25.4. The highest BCUT2D eigenvalue weighted by Crippen LogP contribution is 2.31. The number of nitrogens with zero attached hydrogens (tertiary/aromatic N) is 1. The molecule has 1 saturated heterocycles. The van der Waals surface area contributed by atoms with Crippen LogP contribution in [0.4, 0.5) is 5.69 Å². The molecule has 1 aliphatic rings.